The highest BCUT2D eigenvalue weighted by molar-refractivity contribution is 5.75. The number of hydrogen-bond acceptors (Lipinski definition) is 4. The van der Waals surface area contributed by atoms with Gasteiger partial charge in [0.15, 0.2) is 6.10 Å². The minimum absolute atomic E-state index is 0.0197. The normalized spacial score (nSPS) is 12.2. The number of aliphatic hydroxyl groups excluding tert-OH is 1. The molecule has 0 fully saturated rings. The van der Waals surface area contributed by atoms with E-state index in [4.69, 9.17) is 14.6 Å². The molecule has 0 radical (unpaired) electrons. The fourth-order valence-electron chi connectivity index (χ4n) is 1.49. The molecule has 0 heterocycles. The van der Waals surface area contributed by atoms with Crippen molar-refractivity contribution in [3.05, 3.63) is 35.4 Å². The van der Waals surface area contributed by atoms with Crippen LogP contribution in [0.25, 0.3) is 0 Å². The lowest BCUT2D eigenvalue weighted by Gasteiger charge is -2.13. The summed E-state index contributed by atoms with van der Waals surface area (Å²) in [6, 6.07) is 7.40. The van der Waals surface area contributed by atoms with Crippen molar-refractivity contribution in [2.45, 2.75) is 26.1 Å². The van der Waals surface area contributed by atoms with Crippen molar-refractivity contribution in [1.29, 1.82) is 0 Å². The van der Waals surface area contributed by atoms with E-state index in [1.807, 2.05) is 24.3 Å². The van der Waals surface area contributed by atoms with Crippen molar-refractivity contribution in [2.24, 2.45) is 0 Å². The van der Waals surface area contributed by atoms with Crippen LogP contribution >= 0.6 is 0 Å². The number of rotatable bonds is 6. The zero-order valence-corrected chi connectivity index (χ0v) is 10.2. The summed E-state index contributed by atoms with van der Waals surface area (Å²) in [7, 11) is 1.49. The quantitative estimate of drug-likeness (QED) is 0.759. The number of carbonyl (C=O) groups excluding carboxylic acids is 1. The molecule has 0 aliphatic rings. The molecule has 17 heavy (non-hydrogen) atoms. The van der Waals surface area contributed by atoms with E-state index in [1.54, 1.807) is 6.92 Å². The van der Waals surface area contributed by atoms with Gasteiger partial charge in [-0.1, -0.05) is 24.3 Å². The van der Waals surface area contributed by atoms with E-state index in [0.29, 0.717) is 13.0 Å². The van der Waals surface area contributed by atoms with E-state index in [9.17, 15) is 4.79 Å². The highest BCUT2D eigenvalue weighted by Gasteiger charge is 2.19. The third-order valence-electron chi connectivity index (χ3n) is 2.46. The van der Waals surface area contributed by atoms with Gasteiger partial charge in [-0.3, -0.25) is 0 Å². The molecule has 1 N–H and O–H groups in total. The summed E-state index contributed by atoms with van der Waals surface area (Å²) in [4.78, 5) is 11.5. The summed E-state index contributed by atoms with van der Waals surface area (Å²) in [6.07, 6.45) is -0.101. The molecule has 1 aromatic rings. The largest absolute Gasteiger partial charge is 0.464 e. The van der Waals surface area contributed by atoms with Crippen molar-refractivity contribution in [2.75, 3.05) is 13.7 Å². The lowest BCUT2D eigenvalue weighted by Crippen LogP contribution is -2.27. The molecule has 0 amide bonds. The van der Waals surface area contributed by atoms with Crippen LogP contribution in [0.1, 0.15) is 18.1 Å². The van der Waals surface area contributed by atoms with Crippen LogP contribution in [0, 0.1) is 0 Å². The molecule has 4 heteroatoms. The van der Waals surface area contributed by atoms with Gasteiger partial charge < -0.3 is 14.6 Å². The van der Waals surface area contributed by atoms with Crippen LogP contribution in [0.15, 0.2) is 24.3 Å². The highest BCUT2D eigenvalue weighted by Crippen LogP contribution is 2.09. The lowest BCUT2D eigenvalue weighted by atomic mass is 10.1. The van der Waals surface area contributed by atoms with Crippen LogP contribution < -0.4 is 0 Å². The first-order valence-electron chi connectivity index (χ1n) is 5.59. The van der Waals surface area contributed by atoms with Crippen LogP contribution in [0.3, 0.4) is 0 Å². The van der Waals surface area contributed by atoms with Gasteiger partial charge in [-0.05, 0) is 18.1 Å². The topological polar surface area (TPSA) is 55.8 Å². The van der Waals surface area contributed by atoms with Gasteiger partial charge in [-0.2, -0.15) is 0 Å². The van der Waals surface area contributed by atoms with Gasteiger partial charge in [-0.15, -0.1) is 0 Å². The third kappa shape index (κ3) is 4.17. The van der Waals surface area contributed by atoms with Gasteiger partial charge in [0.25, 0.3) is 0 Å². The zero-order chi connectivity index (χ0) is 12.7. The molecule has 94 valence electrons. The van der Waals surface area contributed by atoms with Crippen LogP contribution in [0.4, 0.5) is 0 Å². The third-order valence-corrected chi connectivity index (χ3v) is 2.46. The molecular formula is C13H18O4. The molecule has 1 aromatic carbocycles. The molecule has 0 aromatic heterocycles. The van der Waals surface area contributed by atoms with Crippen LogP contribution in [0.2, 0.25) is 0 Å². The summed E-state index contributed by atoms with van der Waals surface area (Å²) in [5.41, 5.74) is 1.82. The Bertz CT molecular complexity index is 345. The Labute approximate surface area is 101 Å². The van der Waals surface area contributed by atoms with Gasteiger partial charge in [0.05, 0.1) is 13.2 Å². The van der Waals surface area contributed by atoms with E-state index in [0.717, 1.165) is 11.1 Å². The fraction of sp³-hybridized carbons (Fsp3) is 0.462. The lowest BCUT2D eigenvalue weighted by molar-refractivity contribution is -0.154. The second kappa shape index (κ2) is 7.04. The molecule has 0 saturated heterocycles. The van der Waals surface area contributed by atoms with Gasteiger partial charge >= 0.3 is 5.97 Å². The summed E-state index contributed by atoms with van der Waals surface area (Å²) in [6.45, 7) is 2.13. The van der Waals surface area contributed by atoms with Crippen LogP contribution in [0.5, 0.6) is 0 Å². The zero-order valence-electron chi connectivity index (χ0n) is 10.2. The van der Waals surface area contributed by atoms with E-state index in [1.165, 1.54) is 7.11 Å². The van der Waals surface area contributed by atoms with Gasteiger partial charge in [0.1, 0.15) is 0 Å². The Hall–Kier alpha value is -1.39. The maximum Gasteiger partial charge on any atom is 0.335 e. The molecule has 1 rings (SSSR count). The summed E-state index contributed by atoms with van der Waals surface area (Å²) in [5, 5.41) is 8.92. The van der Waals surface area contributed by atoms with Gasteiger partial charge in [-0.25, -0.2) is 4.79 Å². The summed E-state index contributed by atoms with van der Waals surface area (Å²) in [5.74, 6) is -0.346. The Morgan fingerprint density at radius 3 is 2.35 bits per heavy atom. The fourth-order valence-corrected chi connectivity index (χ4v) is 1.49. The van der Waals surface area contributed by atoms with E-state index < -0.39 is 6.10 Å². The maximum absolute atomic E-state index is 11.5. The molecule has 0 aliphatic carbocycles. The number of benzene rings is 1. The smallest absolute Gasteiger partial charge is 0.335 e. The molecule has 0 spiro atoms. The minimum Gasteiger partial charge on any atom is -0.464 e. The minimum atomic E-state index is -0.574. The highest BCUT2D eigenvalue weighted by atomic mass is 16.6. The average molecular weight is 238 g/mol. The van der Waals surface area contributed by atoms with Crippen molar-refractivity contribution in [1.82, 2.24) is 0 Å². The first-order valence-corrected chi connectivity index (χ1v) is 5.59. The standard InChI is InChI=1S/C13H18O4/c1-3-17-13(15)12(16-2)8-10-4-6-11(9-14)7-5-10/h4-7,12,14H,3,8-9H2,1-2H3/t12-/m0/s1. The first kappa shape index (κ1) is 13.7. The molecular weight excluding hydrogens is 220 g/mol. The average Bonchev–Trinajstić information content (AvgIpc) is 2.37. The molecule has 0 bridgehead atoms. The SMILES string of the molecule is CCOC(=O)[C@H](Cc1ccc(CO)cc1)OC. The molecule has 0 aliphatic heterocycles. The number of aliphatic hydroxyl groups is 1. The number of esters is 1. The van der Waals surface area contributed by atoms with Crippen molar-refractivity contribution in [3.8, 4) is 0 Å². The predicted octanol–water partition coefficient (Wildman–Crippen LogP) is 1.30. The van der Waals surface area contributed by atoms with E-state index in [2.05, 4.69) is 0 Å². The number of carbonyl (C=O) groups is 1. The number of hydrogen-bond donors (Lipinski definition) is 1. The van der Waals surface area contributed by atoms with Crippen molar-refractivity contribution < 1.29 is 19.4 Å². The summed E-state index contributed by atoms with van der Waals surface area (Å²) < 4.78 is 10.0. The number of ether oxygens (including phenoxy) is 2. The van der Waals surface area contributed by atoms with E-state index >= 15 is 0 Å². The Morgan fingerprint density at radius 2 is 1.88 bits per heavy atom. The molecule has 4 nitrogen and oxygen atoms in total. The first-order chi connectivity index (χ1) is 8.21. The van der Waals surface area contributed by atoms with Crippen molar-refractivity contribution >= 4 is 5.97 Å². The van der Waals surface area contributed by atoms with Crippen LogP contribution in [-0.2, 0) is 27.3 Å². The monoisotopic (exact) mass is 238 g/mol. The van der Waals surface area contributed by atoms with Gasteiger partial charge in [0.2, 0.25) is 0 Å². The molecule has 0 unspecified atom stereocenters. The second-order valence-electron chi connectivity index (χ2n) is 3.66. The second-order valence-corrected chi connectivity index (χ2v) is 3.66. The Balaban J connectivity index is 2.63. The van der Waals surface area contributed by atoms with Crippen molar-refractivity contribution in [3.63, 3.8) is 0 Å². The Morgan fingerprint density at radius 1 is 1.29 bits per heavy atom. The number of methoxy groups -OCH3 is 1. The van der Waals surface area contributed by atoms with Crippen LogP contribution in [-0.4, -0.2) is 30.9 Å². The predicted molar refractivity (Wildman–Crippen MR) is 63.5 cm³/mol. The maximum atomic E-state index is 11.5. The Kier molecular flexibility index (Phi) is 5.66. The molecule has 1 atom stereocenters. The van der Waals surface area contributed by atoms with E-state index in [-0.39, 0.29) is 12.6 Å². The summed E-state index contributed by atoms with van der Waals surface area (Å²) >= 11 is 0. The van der Waals surface area contributed by atoms with Gasteiger partial charge in [0, 0.05) is 13.5 Å². The molecule has 0 saturated carbocycles.